The summed E-state index contributed by atoms with van der Waals surface area (Å²) < 4.78 is 5.46. The summed E-state index contributed by atoms with van der Waals surface area (Å²) in [5.74, 6) is 0. The van der Waals surface area contributed by atoms with Crippen molar-refractivity contribution in [3.8, 4) is 0 Å². The highest BCUT2D eigenvalue weighted by Gasteiger charge is 2.13. The topological polar surface area (TPSA) is 9.23 Å². The van der Waals surface area contributed by atoms with E-state index in [9.17, 15) is 0 Å². The first-order valence-corrected chi connectivity index (χ1v) is 5.05. The quantitative estimate of drug-likeness (QED) is 0.612. The van der Waals surface area contributed by atoms with Gasteiger partial charge in [0.2, 0.25) is 0 Å². The largest absolute Gasteiger partial charge is 0.378 e. The van der Waals surface area contributed by atoms with Gasteiger partial charge in [-0.3, -0.25) is 0 Å². The lowest BCUT2D eigenvalue weighted by Gasteiger charge is -2.06. The number of rotatable bonds is 3. The highest BCUT2D eigenvalue weighted by atomic mass is 16.5. The van der Waals surface area contributed by atoms with Crippen molar-refractivity contribution in [1.82, 2.24) is 0 Å². The molecule has 1 nitrogen and oxygen atoms in total. The Balaban J connectivity index is 0.000000461. The highest BCUT2D eigenvalue weighted by Crippen LogP contribution is 2.17. The van der Waals surface area contributed by atoms with E-state index in [1.807, 2.05) is 13.8 Å². The molecule has 1 rings (SSSR count). The molecule has 0 bridgehead atoms. The van der Waals surface area contributed by atoms with Gasteiger partial charge in [-0.05, 0) is 19.3 Å². The Morgan fingerprint density at radius 1 is 1.36 bits per heavy atom. The van der Waals surface area contributed by atoms with Crippen LogP contribution in [0.15, 0.2) is 0 Å². The summed E-state index contributed by atoms with van der Waals surface area (Å²) in [4.78, 5) is 0. The molecule has 0 aromatic heterocycles. The summed E-state index contributed by atoms with van der Waals surface area (Å²) in [5.41, 5.74) is 0. The van der Waals surface area contributed by atoms with Crippen LogP contribution < -0.4 is 0 Å². The average molecular weight is 158 g/mol. The summed E-state index contributed by atoms with van der Waals surface area (Å²) in [6, 6.07) is 0. The van der Waals surface area contributed by atoms with Crippen molar-refractivity contribution in [2.24, 2.45) is 0 Å². The van der Waals surface area contributed by atoms with E-state index in [0.717, 1.165) is 6.61 Å². The van der Waals surface area contributed by atoms with Crippen molar-refractivity contribution >= 4 is 0 Å². The average Bonchev–Trinajstić information content (AvgIpc) is 2.57. The Kier molecular flexibility index (Phi) is 8.03. The van der Waals surface area contributed by atoms with E-state index in [1.165, 1.54) is 32.1 Å². The fraction of sp³-hybridized carbons (Fsp3) is 1.00. The third-order valence-electron chi connectivity index (χ3n) is 1.90. The molecule has 1 atom stereocenters. The fourth-order valence-corrected chi connectivity index (χ4v) is 1.30. The van der Waals surface area contributed by atoms with Gasteiger partial charge in [-0.15, -0.1) is 0 Å². The predicted octanol–water partition coefficient (Wildman–Crippen LogP) is 3.38. The van der Waals surface area contributed by atoms with Crippen LogP contribution in [0.5, 0.6) is 0 Å². The van der Waals surface area contributed by atoms with Crippen molar-refractivity contribution < 1.29 is 4.74 Å². The molecule has 0 N–H and O–H groups in total. The van der Waals surface area contributed by atoms with E-state index in [1.54, 1.807) is 0 Å². The Bertz CT molecular complexity index is 65.3. The lowest BCUT2D eigenvalue weighted by atomic mass is 10.1. The van der Waals surface area contributed by atoms with E-state index < -0.39 is 0 Å². The Hall–Kier alpha value is -0.0400. The molecule has 1 fully saturated rings. The molecular formula is C10H22O. The van der Waals surface area contributed by atoms with Crippen LogP contribution >= 0.6 is 0 Å². The normalized spacial score (nSPS) is 22.6. The zero-order valence-electron chi connectivity index (χ0n) is 8.23. The minimum absolute atomic E-state index is 0.616. The maximum atomic E-state index is 5.46. The second kappa shape index (κ2) is 8.06. The second-order valence-corrected chi connectivity index (χ2v) is 2.78. The van der Waals surface area contributed by atoms with Gasteiger partial charge in [0.05, 0.1) is 6.10 Å². The summed E-state index contributed by atoms with van der Waals surface area (Å²) in [6.07, 6.45) is 7.14. The maximum Gasteiger partial charge on any atom is 0.0576 e. The Labute approximate surface area is 71.1 Å². The minimum atomic E-state index is 0.616. The lowest BCUT2D eigenvalue weighted by Crippen LogP contribution is -2.03. The molecule has 1 heteroatoms. The molecule has 1 unspecified atom stereocenters. The van der Waals surface area contributed by atoms with E-state index in [0.29, 0.717) is 6.10 Å². The van der Waals surface area contributed by atoms with E-state index in [4.69, 9.17) is 4.74 Å². The smallest absolute Gasteiger partial charge is 0.0576 e. The molecule has 1 heterocycles. The van der Waals surface area contributed by atoms with Gasteiger partial charge in [0, 0.05) is 6.61 Å². The first-order valence-electron chi connectivity index (χ1n) is 5.05. The van der Waals surface area contributed by atoms with Gasteiger partial charge >= 0.3 is 0 Å². The first-order chi connectivity index (χ1) is 5.43. The van der Waals surface area contributed by atoms with E-state index in [-0.39, 0.29) is 0 Å². The Morgan fingerprint density at radius 3 is 2.55 bits per heavy atom. The van der Waals surface area contributed by atoms with Crippen molar-refractivity contribution in [3.05, 3.63) is 0 Å². The highest BCUT2D eigenvalue weighted by molar-refractivity contribution is 4.63. The Morgan fingerprint density at radius 2 is 2.09 bits per heavy atom. The molecule has 0 aliphatic carbocycles. The zero-order valence-corrected chi connectivity index (χ0v) is 8.23. The molecule has 1 aliphatic heterocycles. The molecule has 0 aromatic rings. The summed E-state index contributed by atoms with van der Waals surface area (Å²) >= 11 is 0. The molecule has 68 valence electrons. The van der Waals surface area contributed by atoms with Crippen LogP contribution in [-0.2, 0) is 4.74 Å². The van der Waals surface area contributed by atoms with Crippen molar-refractivity contribution in [3.63, 3.8) is 0 Å². The van der Waals surface area contributed by atoms with Crippen LogP contribution in [0.25, 0.3) is 0 Å². The third-order valence-corrected chi connectivity index (χ3v) is 1.90. The molecule has 1 saturated heterocycles. The van der Waals surface area contributed by atoms with E-state index >= 15 is 0 Å². The number of ether oxygens (including phenoxy) is 1. The third kappa shape index (κ3) is 5.25. The summed E-state index contributed by atoms with van der Waals surface area (Å²) in [6.45, 7) is 7.24. The van der Waals surface area contributed by atoms with Crippen molar-refractivity contribution in [2.45, 2.75) is 59.0 Å². The molecule has 0 amide bonds. The SMILES string of the molecule is CC.CCCCC1CCCO1. The van der Waals surface area contributed by atoms with Gasteiger partial charge in [-0.25, -0.2) is 0 Å². The van der Waals surface area contributed by atoms with Gasteiger partial charge < -0.3 is 4.74 Å². The summed E-state index contributed by atoms with van der Waals surface area (Å²) in [7, 11) is 0. The van der Waals surface area contributed by atoms with Crippen LogP contribution in [-0.4, -0.2) is 12.7 Å². The number of unbranched alkanes of at least 4 members (excludes halogenated alkanes) is 1. The molecule has 0 saturated carbocycles. The lowest BCUT2D eigenvalue weighted by molar-refractivity contribution is 0.102. The van der Waals surface area contributed by atoms with E-state index in [2.05, 4.69) is 6.92 Å². The number of hydrogen-bond acceptors (Lipinski definition) is 1. The summed E-state index contributed by atoms with van der Waals surface area (Å²) in [5, 5.41) is 0. The van der Waals surface area contributed by atoms with Gasteiger partial charge in [-0.2, -0.15) is 0 Å². The zero-order chi connectivity index (χ0) is 8.53. The van der Waals surface area contributed by atoms with Crippen LogP contribution in [0.4, 0.5) is 0 Å². The standard InChI is InChI=1S/C8H16O.C2H6/c1-2-3-5-8-6-4-7-9-8;1-2/h8H,2-7H2,1H3;1-2H3. The maximum absolute atomic E-state index is 5.46. The predicted molar refractivity (Wildman–Crippen MR) is 49.8 cm³/mol. The molecular weight excluding hydrogens is 136 g/mol. The molecule has 0 spiro atoms. The van der Waals surface area contributed by atoms with Crippen molar-refractivity contribution in [2.75, 3.05) is 6.61 Å². The minimum Gasteiger partial charge on any atom is -0.378 e. The molecule has 11 heavy (non-hydrogen) atoms. The fourth-order valence-electron chi connectivity index (χ4n) is 1.30. The number of hydrogen-bond donors (Lipinski definition) is 0. The van der Waals surface area contributed by atoms with Crippen molar-refractivity contribution in [1.29, 1.82) is 0 Å². The van der Waals surface area contributed by atoms with Crippen LogP contribution in [0.2, 0.25) is 0 Å². The van der Waals surface area contributed by atoms with Gasteiger partial charge in [0.25, 0.3) is 0 Å². The van der Waals surface area contributed by atoms with Gasteiger partial charge in [-0.1, -0.05) is 33.6 Å². The molecule has 0 aromatic carbocycles. The first kappa shape index (κ1) is 11.0. The van der Waals surface area contributed by atoms with Gasteiger partial charge in [0.15, 0.2) is 0 Å². The molecule has 1 aliphatic rings. The monoisotopic (exact) mass is 158 g/mol. The molecule has 0 radical (unpaired) electrons. The van der Waals surface area contributed by atoms with Crippen LogP contribution in [0.1, 0.15) is 52.9 Å². The van der Waals surface area contributed by atoms with Crippen LogP contribution in [0.3, 0.4) is 0 Å². The second-order valence-electron chi connectivity index (χ2n) is 2.78. The van der Waals surface area contributed by atoms with Crippen LogP contribution in [0, 0.1) is 0 Å². The van der Waals surface area contributed by atoms with Gasteiger partial charge in [0.1, 0.15) is 0 Å².